The number of unbranched alkanes of at least 4 members (excludes halogenated alkanes) is 8. The molecule has 39 heavy (non-hydrogen) atoms. The quantitative estimate of drug-likeness (QED) is 0.178. The van der Waals surface area contributed by atoms with Crippen molar-refractivity contribution >= 4 is 17.5 Å². The van der Waals surface area contributed by atoms with Crippen molar-refractivity contribution in [1.82, 2.24) is 4.90 Å². The predicted octanol–water partition coefficient (Wildman–Crippen LogP) is 8.21. The summed E-state index contributed by atoms with van der Waals surface area (Å²) in [6, 6.07) is 6.05. The minimum absolute atomic E-state index is 0.0597. The zero-order chi connectivity index (χ0) is 28.0. The smallest absolute Gasteiger partial charge is 0.222 e. The van der Waals surface area contributed by atoms with Gasteiger partial charge < -0.3 is 15.1 Å². The fraction of sp³-hybridized carbons (Fsp3) is 0.794. The third-order valence-electron chi connectivity index (χ3n) is 10.8. The summed E-state index contributed by atoms with van der Waals surface area (Å²) < 4.78 is 0. The molecule has 3 aliphatic carbocycles. The Bertz CT molecular complexity index is 937. The lowest BCUT2D eigenvalue weighted by molar-refractivity contribution is -0.130. The molecule has 1 amide bonds. The summed E-state index contributed by atoms with van der Waals surface area (Å²) in [6.07, 6.45) is 17.7. The SMILES string of the molecule is CCCCN(C)C(=O)CCCCCCCCCC[C@@H]1Cc2cc(O)ccc2[C@H]2CC[C@]3(C)[C@H](O)[C@H](Cl)C[C@H]3[C@H]12. The van der Waals surface area contributed by atoms with E-state index in [1.165, 1.54) is 62.5 Å². The summed E-state index contributed by atoms with van der Waals surface area (Å²) in [4.78, 5) is 14.1. The highest BCUT2D eigenvalue weighted by Crippen LogP contribution is 2.63. The average molecular weight is 560 g/mol. The normalized spacial score (nSPS) is 31.4. The molecule has 2 fully saturated rings. The summed E-state index contributed by atoms with van der Waals surface area (Å²) >= 11 is 6.68. The molecule has 0 spiro atoms. The third kappa shape index (κ3) is 7.15. The van der Waals surface area contributed by atoms with E-state index in [9.17, 15) is 15.0 Å². The topological polar surface area (TPSA) is 60.8 Å². The van der Waals surface area contributed by atoms with Gasteiger partial charge >= 0.3 is 0 Å². The number of aliphatic hydroxyl groups is 1. The van der Waals surface area contributed by atoms with E-state index >= 15 is 0 Å². The zero-order valence-corrected chi connectivity index (χ0v) is 25.6. The van der Waals surface area contributed by atoms with Crippen LogP contribution in [-0.2, 0) is 11.2 Å². The van der Waals surface area contributed by atoms with Crippen LogP contribution in [0.25, 0.3) is 0 Å². The van der Waals surface area contributed by atoms with Gasteiger partial charge in [0.15, 0.2) is 0 Å². The fourth-order valence-corrected chi connectivity index (χ4v) is 8.94. The fourth-order valence-electron chi connectivity index (χ4n) is 8.46. The van der Waals surface area contributed by atoms with Crippen LogP contribution in [0.2, 0.25) is 0 Å². The molecule has 2 N–H and O–H groups in total. The number of rotatable bonds is 14. The molecule has 2 saturated carbocycles. The monoisotopic (exact) mass is 559 g/mol. The van der Waals surface area contributed by atoms with Crippen molar-refractivity contribution in [2.45, 2.75) is 134 Å². The molecule has 4 rings (SSSR count). The van der Waals surface area contributed by atoms with Crippen molar-refractivity contribution in [1.29, 1.82) is 0 Å². The van der Waals surface area contributed by atoms with Crippen LogP contribution in [0, 0.1) is 23.2 Å². The highest BCUT2D eigenvalue weighted by Gasteiger charge is 2.59. The second kappa shape index (κ2) is 14.1. The van der Waals surface area contributed by atoms with Gasteiger partial charge in [0.1, 0.15) is 5.75 Å². The maximum Gasteiger partial charge on any atom is 0.222 e. The van der Waals surface area contributed by atoms with E-state index in [1.807, 2.05) is 24.1 Å². The van der Waals surface area contributed by atoms with Crippen LogP contribution in [0.4, 0.5) is 0 Å². The van der Waals surface area contributed by atoms with Crippen LogP contribution >= 0.6 is 11.6 Å². The first-order valence-corrected chi connectivity index (χ1v) is 16.6. The van der Waals surface area contributed by atoms with E-state index in [4.69, 9.17) is 11.6 Å². The molecule has 0 heterocycles. The van der Waals surface area contributed by atoms with Crippen LogP contribution in [-0.4, -0.2) is 46.1 Å². The van der Waals surface area contributed by atoms with Crippen molar-refractivity contribution in [2.75, 3.05) is 13.6 Å². The van der Waals surface area contributed by atoms with Crippen LogP contribution in [0.3, 0.4) is 0 Å². The molecule has 1 aromatic carbocycles. The molecule has 1 aromatic rings. The van der Waals surface area contributed by atoms with E-state index in [0.29, 0.717) is 41.7 Å². The first kappa shape index (κ1) is 30.7. The average Bonchev–Trinajstić information content (AvgIpc) is 3.15. The molecule has 5 heteroatoms. The van der Waals surface area contributed by atoms with Gasteiger partial charge in [0, 0.05) is 20.0 Å². The lowest BCUT2D eigenvalue weighted by atomic mass is 9.52. The van der Waals surface area contributed by atoms with Crippen molar-refractivity contribution in [3.05, 3.63) is 29.3 Å². The van der Waals surface area contributed by atoms with Crippen molar-refractivity contribution in [3.8, 4) is 5.75 Å². The van der Waals surface area contributed by atoms with E-state index in [0.717, 1.165) is 51.5 Å². The number of carbonyl (C=O) groups excluding carboxylic acids is 1. The molecular formula is C34H54ClNO3. The molecule has 0 unspecified atom stereocenters. The van der Waals surface area contributed by atoms with Gasteiger partial charge in [-0.2, -0.15) is 0 Å². The number of aliphatic hydroxyl groups excluding tert-OH is 1. The minimum atomic E-state index is -0.396. The van der Waals surface area contributed by atoms with Gasteiger partial charge in [-0.05, 0) is 97.3 Å². The maximum atomic E-state index is 12.2. The number of phenols is 1. The number of benzene rings is 1. The summed E-state index contributed by atoms with van der Waals surface area (Å²) in [7, 11) is 1.94. The largest absolute Gasteiger partial charge is 0.508 e. The molecule has 3 aliphatic rings. The van der Waals surface area contributed by atoms with Gasteiger partial charge in [-0.25, -0.2) is 0 Å². The van der Waals surface area contributed by atoms with Gasteiger partial charge in [-0.15, -0.1) is 11.6 Å². The standard InChI is InChI=1S/C34H54ClNO3/c1-4-5-20-36(3)31(38)15-13-11-9-7-6-8-10-12-14-24-21-25-22-26(37)16-17-27(25)28-18-19-34(2)29(32(24)28)23-30(35)33(34)39/h16-17,22,24,28-30,32-33,37,39H,4-15,18-21,23H2,1-3H3/t24-,28-,29+,30-,32-,33-,34+/m1/s1. The van der Waals surface area contributed by atoms with Crippen molar-refractivity contribution in [2.24, 2.45) is 23.2 Å². The van der Waals surface area contributed by atoms with E-state index < -0.39 is 6.10 Å². The molecule has 0 bridgehead atoms. The second-order valence-electron chi connectivity index (χ2n) is 13.4. The van der Waals surface area contributed by atoms with Crippen LogP contribution in [0.1, 0.15) is 127 Å². The molecule has 0 aliphatic heterocycles. The van der Waals surface area contributed by atoms with Gasteiger partial charge in [0.25, 0.3) is 0 Å². The number of fused-ring (bicyclic) bond motifs is 5. The first-order valence-electron chi connectivity index (χ1n) is 16.1. The third-order valence-corrected chi connectivity index (χ3v) is 11.2. The summed E-state index contributed by atoms with van der Waals surface area (Å²) in [5.41, 5.74) is 2.73. The van der Waals surface area contributed by atoms with Crippen LogP contribution in [0.15, 0.2) is 18.2 Å². The van der Waals surface area contributed by atoms with E-state index in [1.54, 1.807) is 0 Å². The number of alkyl halides is 1. The Morgan fingerprint density at radius 1 is 1.08 bits per heavy atom. The van der Waals surface area contributed by atoms with E-state index in [-0.39, 0.29) is 10.8 Å². The molecular weight excluding hydrogens is 506 g/mol. The Morgan fingerprint density at radius 2 is 1.77 bits per heavy atom. The molecule has 220 valence electrons. The Morgan fingerprint density at radius 3 is 2.49 bits per heavy atom. The summed E-state index contributed by atoms with van der Waals surface area (Å²) in [5, 5.41) is 21.1. The van der Waals surface area contributed by atoms with Gasteiger partial charge in [0.05, 0.1) is 11.5 Å². The number of carbonyl (C=O) groups is 1. The highest BCUT2D eigenvalue weighted by atomic mass is 35.5. The number of halogens is 1. The predicted molar refractivity (Wildman–Crippen MR) is 161 cm³/mol. The Labute approximate surface area is 242 Å². The number of aromatic hydroxyl groups is 1. The Hall–Kier alpha value is -1.26. The highest BCUT2D eigenvalue weighted by molar-refractivity contribution is 6.21. The number of hydrogen-bond donors (Lipinski definition) is 2. The molecule has 0 saturated heterocycles. The lowest BCUT2D eigenvalue weighted by Crippen LogP contribution is -2.47. The Kier molecular flexibility index (Phi) is 11.1. The van der Waals surface area contributed by atoms with Gasteiger partial charge in [-0.3, -0.25) is 4.79 Å². The lowest BCUT2D eigenvalue weighted by Gasteiger charge is -2.53. The molecule has 0 aromatic heterocycles. The first-order chi connectivity index (χ1) is 18.8. The van der Waals surface area contributed by atoms with Crippen LogP contribution in [0.5, 0.6) is 5.75 Å². The zero-order valence-electron chi connectivity index (χ0n) is 24.8. The number of phenolic OH excluding ortho intramolecular Hbond substituents is 1. The number of amides is 1. The minimum Gasteiger partial charge on any atom is -0.508 e. The Balaban J connectivity index is 1.21. The molecule has 7 atom stereocenters. The number of nitrogens with zero attached hydrogens (tertiary/aromatic N) is 1. The number of hydrogen-bond acceptors (Lipinski definition) is 3. The second-order valence-corrected chi connectivity index (χ2v) is 14.0. The van der Waals surface area contributed by atoms with Gasteiger partial charge in [-0.1, -0.05) is 71.3 Å². The van der Waals surface area contributed by atoms with E-state index in [2.05, 4.69) is 19.9 Å². The van der Waals surface area contributed by atoms with Crippen LogP contribution < -0.4 is 0 Å². The van der Waals surface area contributed by atoms with Gasteiger partial charge in [0.2, 0.25) is 5.91 Å². The molecule has 0 radical (unpaired) electrons. The summed E-state index contributed by atoms with van der Waals surface area (Å²) in [5.74, 6) is 2.90. The summed E-state index contributed by atoms with van der Waals surface area (Å²) in [6.45, 7) is 5.35. The van der Waals surface area contributed by atoms with Crippen molar-refractivity contribution < 1.29 is 15.0 Å². The maximum absolute atomic E-state index is 12.2. The van der Waals surface area contributed by atoms with Crippen molar-refractivity contribution in [3.63, 3.8) is 0 Å². The molecule has 4 nitrogen and oxygen atoms in total.